The van der Waals surface area contributed by atoms with E-state index in [1.807, 2.05) is 89.8 Å². The number of hydrogen-bond donors (Lipinski definition) is 2. The van der Waals surface area contributed by atoms with E-state index in [2.05, 4.69) is 54.0 Å². The van der Waals surface area contributed by atoms with E-state index < -0.39 is 0 Å². The predicted molar refractivity (Wildman–Crippen MR) is 157 cm³/mol. The SMILES string of the molecule is Cc1ccc([C@H]2/C=C\C[C@H](NC(=O)Nc3ccccc3-c3ccccc3)CC(=O)N2Cc2ccccc2)cc1. The third-order valence-corrected chi connectivity index (χ3v) is 7.03. The van der Waals surface area contributed by atoms with Crippen molar-refractivity contribution in [3.05, 3.63) is 138 Å². The highest BCUT2D eigenvalue weighted by atomic mass is 16.2. The summed E-state index contributed by atoms with van der Waals surface area (Å²) in [7, 11) is 0. The van der Waals surface area contributed by atoms with Crippen LogP contribution in [0.3, 0.4) is 0 Å². The van der Waals surface area contributed by atoms with E-state index >= 15 is 0 Å². The quantitative estimate of drug-likeness (QED) is 0.265. The molecule has 0 fully saturated rings. The van der Waals surface area contributed by atoms with Crippen molar-refractivity contribution < 1.29 is 9.59 Å². The van der Waals surface area contributed by atoms with Gasteiger partial charge >= 0.3 is 6.03 Å². The average Bonchev–Trinajstić information content (AvgIpc) is 2.95. The molecule has 0 spiro atoms. The number of hydrogen-bond acceptors (Lipinski definition) is 2. The zero-order chi connectivity index (χ0) is 27.0. The summed E-state index contributed by atoms with van der Waals surface area (Å²) >= 11 is 0. The van der Waals surface area contributed by atoms with Gasteiger partial charge in [0.1, 0.15) is 0 Å². The van der Waals surface area contributed by atoms with Crippen molar-refractivity contribution in [2.45, 2.75) is 38.4 Å². The molecule has 39 heavy (non-hydrogen) atoms. The van der Waals surface area contributed by atoms with E-state index in [4.69, 9.17) is 0 Å². The van der Waals surface area contributed by atoms with E-state index in [0.29, 0.717) is 13.0 Å². The molecule has 0 radical (unpaired) electrons. The summed E-state index contributed by atoms with van der Waals surface area (Å²) in [6, 6.07) is 35.2. The third kappa shape index (κ3) is 6.63. The van der Waals surface area contributed by atoms with Crippen molar-refractivity contribution in [2.24, 2.45) is 0 Å². The molecule has 5 heteroatoms. The number of carbonyl (C=O) groups excluding carboxylic acids is 2. The van der Waals surface area contributed by atoms with Gasteiger partial charge in [0.25, 0.3) is 0 Å². The topological polar surface area (TPSA) is 61.4 Å². The molecule has 1 heterocycles. The lowest BCUT2D eigenvalue weighted by atomic mass is 9.97. The number of carbonyl (C=O) groups is 2. The molecule has 5 nitrogen and oxygen atoms in total. The van der Waals surface area contributed by atoms with E-state index in [1.165, 1.54) is 5.56 Å². The summed E-state index contributed by atoms with van der Waals surface area (Å²) in [4.78, 5) is 28.7. The van der Waals surface area contributed by atoms with Crippen LogP contribution in [0.5, 0.6) is 0 Å². The lowest BCUT2D eigenvalue weighted by Crippen LogP contribution is -2.43. The molecule has 2 N–H and O–H groups in total. The molecule has 0 saturated carbocycles. The highest BCUT2D eigenvalue weighted by Crippen LogP contribution is 2.29. The van der Waals surface area contributed by atoms with Crippen LogP contribution >= 0.6 is 0 Å². The number of urea groups is 1. The minimum atomic E-state index is -0.324. The molecular formula is C34H33N3O2. The van der Waals surface area contributed by atoms with Crippen LogP contribution in [-0.2, 0) is 11.3 Å². The van der Waals surface area contributed by atoms with Gasteiger partial charge in [-0.3, -0.25) is 4.79 Å². The van der Waals surface area contributed by atoms with Crippen molar-refractivity contribution in [1.82, 2.24) is 10.2 Å². The van der Waals surface area contributed by atoms with Gasteiger partial charge in [-0.25, -0.2) is 4.79 Å². The smallest absolute Gasteiger partial charge is 0.319 e. The van der Waals surface area contributed by atoms with Crippen molar-refractivity contribution in [2.75, 3.05) is 5.32 Å². The number of anilines is 1. The molecule has 0 unspecified atom stereocenters. The van der Waals surface area contributed by atoms with E-state index in [-0.39, 0.29) is 30.4 Å². The van der Waals surface area contributed by atoms with E-state index in [0.717, 1.165) is 27.9 Å². The molecule has 4 aromatic rings. The summed E-state index contributed by atoms with van der Waals surface area (Å²) in [5, 5.41) is 6.04. The van der Waals surface area contributed by atoms with Gasteiger partial charge in [0, 0.05) is 24.6 Å². The van der Waals surface area contributed by atoms with Gasteiger partial charge in [0.15, 0.2) is 0 Å². The molecule has 2 atom stereocenters. The monoisotopic (exact) mass is 515 g/mol. The molecular weight excluding hydrogens is 482 g/mol. The first-order valence-corrected chi connectivity index (χ1v) is 13.4. The van der Waals surface area contributed by atoms with Crippen LogP contribution in [0.25, 0.3) is 11.1 Å². The molecule has 0 bridgehead atoms. The zero-order valence-corrected chi connectivity index (χ0v) is 22.1. The molecule has 0 aromatic heterocycles. The van der Waals surface area contributed by atoms with Gasteiger partial charge in [-0.1, -0.05) is 121 Å². The third-order valence-electron chi connectivity index (χ3n) is 7.03. The molecule has 0 saturated heterocycles. The number of rotatable bonds is 6. The molecule has 5 rings (SSSR count). The van der Waals surface area contributed by atoms with Gasteiger partial charge in [0.2, 0.25) is 5.91 Å². The van der Waals surface area contributed by atoms with Crippen LogP contribution in [-0.4, -0.2) is 22.9 Å². The standard InChI is InChI=1S/C34H33N3O2/c1-25-19-21-28(22-20-25)32-18-10-15-29(23-33(38)37(32)24-26-11-4-2-5-12-26)35-34(39)36-31-17-9-8-16-30(31)27-13-6-3-7-14-27/h2-14,16-22,29,32H,15,23-24H2,1H3,(H2,35,36,39)/b18-10-/t29-,32+/m0/s1. The maximum atomic E-state index is 13.7. The highest BCUT2D eigenvalue weighted by molar-refractivity contribution is 5.95. The Hall–Kier alpha value is -4.64. The van der Waals surface area contributed by atoms with Crippen molar-refractivity contribution in [3.63, 3.8) is 0 Å². The second-order valence-corrected chi connectivity index (χ2v) is 9.94. The predicted octanol–water partition coefficient (Wildman–Crippen LogP) is 7.27. The van der Waals surface area contributed by atoms with Gasteiger partial charge in [-0.2, -0.15) is 0 Å². The molecule has 1 aliphatic rings. The Labute approximate surface area is 230 Å². The zero-order valence-electron chi connectivity index (χ0n) is 22.1. The van der Waals surface area contributed by atoms with Crippen LogP contribution in [0.1, 0.15) is 35.6 Å². The molecule has 196 valence electrons. The average molecular weight is 516 g/mol. The maximum absolute atomic E-state index is 13.7. The Kier molecular flexibility index (Phi) is 8.18. The molecule has 3 amide bonds. The summed E-state index contributed by atoms with van der Waals surface area (Å²) in [6.45, 7) is 2.55. The number of para-hydroxylation sites is 1. The van der Waals surface area contributed by atoms with Gasteiger partial charge in [-0.15, -0.1) is 0 Å². The Morgan fingerprint density at radius 2 is 1.51 bits per heavy atom. The lowest BCUT2D eigenvalue weighted by molar-refractivity contribution is -0.134. The van der Waals surface area contributed by atoms with Crippen LogP contribution in [0.2, 0.25) is 0 Å². The molecule has 4 aromatic carbocycles. The number of nitrogens with zero attached hydrogens (tertiary/aromatic N) is 1. The number of amides is 3. The first kappa shape index (κ1) is 26.0. The van der Waals surface area contributed by atoms with Crippen molar-refractivity contribution in [3.8, 4) is 11.1 Å². The van der Waals surface area contributed by atoms with Gasteiger partial charge in [-0.05, 0) is 36.1 Å². The molecule has 1 aliphatic heterocycles. The minimum Gasteiger partial charge on any atom is -0.334 e. The van der Waals surface area contributed by atoms with Crippen molar-refractivity contribution >= 4 is 17.6 Å². The Bertz CT molecular complexity index is 1430. The second-order valence-electron chi connectivity index (χ2n) is 9.94. The first-order chi connectivity index (χ1) is 19.1. The highest BCUT2D eigenvalue weighted by Gasteiger charge is 2.28. The Morgan fingerprint density at radius 1 is 0.846 bits per heavy atom. The second kappa shape index (κ2) is 12.3. The molecule has 0 aliphatic carbocycles. The van der Waals surface area contributed by atoms with Gasteiger partial charge < -0.3 is 15.5 Å². The van der Waals surface area contributed by atoms with Gasteiger partial charge in [0.05, 0.1) is 11.7 Å². The Morgan fingerprint density at radius 3 is 2.26 bits per heavy atom. The van der Waals surface area contributed by atoms with Crippen LogP contribution in [0.15, 0.2) is 121 Å². The van der Waals surface area contributed by atoms with E-state index in [1.54, 1.807) is 0 Å². The van der Waals surface area contributed by atoms with Crippen LogP contribution in [0.4, 0.5) is 10.5 Å². The lowest BCUT2D eigenvalue weighted by Gasteiger charge is -2.33. The number of benzene rings is 4. The van der Waals surface area contributed by atoms with Crippen molar-refractivity contribution in [1.29, 1.82) is 0 Å². The fourth-order valence-electron chi connectivity index (χ4n) is 4.98. The van der Waals surface area contributed by atoms with E-state index in [9.17, 15) is 9.59 Å². The number of nitrogens with one attached hydrogen (secondary N) is 2. The fraction of sp³-hybridized carbons (Fsp3) is 0.176. The largest absolute Gasteiger partial charge is 0.334 e. The fourth-order valence-corrected chi connectivity index (χ4v) is 4.98. The summed E-state index contributed by atoms with van der Waals surface area (Å²) in [6.07, 6.45) is 4.95. The van der Waals surface area contributed by atoms with Crippen LogP contribution in [0, 0.1) is 6.92 Å². The maximum Gasteiger partial charge on any atom is 0.319 e. The summed E-state index contributed by atoms with van der Waals surface area (Å²) in [5.74, 6) is 0.00348. The Balaban J connectivity index is 1.34. The summed E-state index contributed by atoms with van der Waals surface area (Å²) in [5.41, 5.74) is 6.00. The number of aryl methyl sites for hydroxylation is 1. The first-order valence-electron chi connectivity index (χ1n) is 13.4. The summed E-state index contributed by atoms with van der Waals surface area (Å²) < 4.78 is 0. The van der Waals surface area contributed by atoms with Crippen LogP contribution < -0.4 is 10.6 Å². The minimum absolute atomic E-state index is 0.00348. The normalized spacial score (nSPS) is 18.1.